The van der Waals surface area contributed by atoms with E-state index in [-0.39, 0.29) is 5.91 Å². The molecule has 122 valence electrons. The van der Waals surface area contributed by atoms with Crippen LogP contribution in [0.4, 0.5) is 0 Å². The molecule has 23 heavy (non-hydrogen) atoms. The largest absolute Gasteiger partial charge is 0.496 e. The van der Waals surface area contributed by atoms with Gasteiger partial charge in [0, 0.05) is 18.5 Å². The van der Waals surface area contributed by atoms with E-state index in [1.54, 1.807) is 7.11 Å². The van der Waals surface area contributed by atoms with Crippen molar-refractivity contribution in [1.29, 1.82) is 0 Å². The summed E-state index contributed by atoms with van der Waals surface area (Å²) in [4.78, 5) is 11.6. The van der Waals surface area contributed by atoms with Crippen LogP contribution in [0.25, 0.3) is 10.8 Å². The fraction of sp³-hybridized carbons (Fsp3) is 0.450. The second-order valence-corrected chi connectivity index (χ2v) is 6.32. The molecule has 0 radical (unpaired) electrons. The zero-order valence-corrected chi connectivity index (χ0v) is 14.0. The second kappa shape index (κ2) is 7.03. The van der Waals surface area contributed by atoms with E-state index in [1.165, 1.54) is 21.9 Å². The highest BCUT2D eigenvalue weighted by molar-refractivity contribution is 5.92. The summed E-state index contributed by atoms with van der Waals surface area (Å²) in [5.74, 6) is 1.68. The normalized spacial score (nSPS) is 16.3. The van der Waals surface area contributed by atoms with Crippen molar-refractivity contribution < 1.29 is 9.53 Å². The third-order valence-corrected chi connectivity index (χ3v) is 4.84. The standard InChI is InChI=1S/C20H25NO2/c1-3-5-19(22)21-13-12-14-8-10-17-18(23-2)11-9-15-6-4-7-16(14)20(15)17/h4,6-7,9,11,14H,3,5,8,10,12-13H2,1-2H3,(H,21,22). The van der Waals surface area contributed by atoms with Crippen LogP contribution in [0.2, 0.25) is 0 Å². The highest BCUT2D eigenvalue weighted by atomic mass is 16.5. The first-order valence-electron chi connectivity index (χ1n) is 8.59. The Morgan fingerprint density at radius 2 is 2.17 bits per heavy atom. The summed E-state index contributed by atoms with van der Waals surface area (Å²) in [5.41, 5.74) is 2.75. The van der Waals surface area contributed by atoms with Gasteiger partial charge in [0.25, 0.3) is 0 Å². The smallest absolute Gasteiger partial charge is 0.219 e. The molecular formula is C20H25NO2. The van der Waals surface area contributed by atoms with Gasteiger partial charge in [-0.1, -0.05) is 31.2 Å². The summed E-state index contributed by atoms with van der Waals surface area (Å²) in [6.07, 6.45) is 4.70. The van der Waals surface area contributed by atoms with Gasteiger partial charge < -0.3 is 10.1 Å². The molecule has 0 saturated heterocycles. The van der Waals surface area contributed by atoms with E-state index in [0.717, 1.165) is 38.0 Å². The summed E-state index contributed by atoms with van der Waals surface area (Å²) < 4.78 is 5.55. The second-order valence-electron chi connectivity index (χ2n) is 6.32. The summed E-state index contributed by atoms with van der Waals surface area (Å²) in [7, 11) is 1.75. The van der Waals surface area contributed by atoms with E-state index in [2.05, 4.69) is 35.6 Å². The van der Waals surface area contributed by atoms with Gasteiger partial charge in [0.2, 0.25) is 5.91 Å². The molecule has 0 bridgehead atoms. The van der Waals surface area contributed by atoms with Crippen LogP contribution in [0, 0.1) is 0 Å². The fourth-order valence-electron chi connectivity index (χ4n) is 3.72. The lowest BCUT2D eigenvalue weighted by molar-refractivity contribution is -0.121. The van der Waals surface area contributed by atoms with Crippen molar-refractivity contribution >= 4 is 16.7 Å². The molecule has 2 aromatic carbocycles. The van der Waals surface area contributed by atoms with Gasteiger partial charge in [-0.2, -0.15) is 0 Å². The van der Waals surface area contributed by atoms with Crippen LogP contribution in [0.1, 0.15) is 49.7 Å². The van der Waals surface area contributed by atoms with Crippen molar-refractivity contribution in [1.82, 2.24) is 5.32 Å². The average molecular weight is 311 g/mol. The molecule has 0 saturated carbocycles. The zero-order valence-electron chi connectivity index (χ0n) is 14.0. The Labute approximate surface area is 138 Å². The van der Waals surface area contributed by atoms with Crippen molar-refractivity contribution in [2.45, 2.75) is 44.9 Å². The molecule has 1 aliphatic carbocycles. The Morgan fingerprint density at radius 3 is 2.96 bits per heavy atom. The first-order valence-corrected chi connectivity index (χ1v) is 8.59. The molecule has 1 atom stereocenters. The average Bonchev–Trinajstić information content (AvgIpc) is 2.57. The molecule has 3 heteroatoms. The molecular weight excluding hydrogens is 286 g/mol. The molecule has 3 nitrogen and oxygen atoms in total. The Hall–Kier alpha value is -2.03. The molecule has 0 spiro atoms. The van der Waals surface area contributed by atoms with Crippen molar-refractivity contribution in [3.05, 3.63) is 41.5 Å². The number of aryl methyl sites for hydroxylation is 1. The fourth-order valence-corrected chi connectivity index (χ4v) is 3.72. The molecule has 0 aliphatic heterocycles. The van der Waals surface area contributed by atoms with E-state index in [1.807, 2.05) is 6.92 Å². The minimum absolute atomic E-state index is 0.170. The van der Waals surface area contributed by atoms with Crippen LogP contribution in [-0.4, -0.2) is 19.6 Å². The molecule has 0 aromatic heterocycles. The molecule has 1 amide bonds. The van der Waals surface area contributed by atoms with Gasteiger partial charge >= 0.3 is 0 Å². The molecule has 0 fully saturated rings. The number of rotatable bonds is 6. The Balaban J connectivity index is 1.82. The number of amides is 1. The summed E-state index contributed by atoms with van der Waals surface area (Å²) in [6.45, 7) is 2.80. The number of hydrogen-bond acceptors (Lipinski definition) is 2. The van der Waals surface area contributed by atoms with Crippen LogP contribution >= 0.6 is 0 Å². The number of methoxy groups -OCH3 is 1. The monoisotopic (exact) mass is 311 g/mol. The molecule has 3 rings (SSSR count). The molecule has 1 unspecified atom stereocenters. The van der Waals surface area contributed by atoms with E-state index < -0.39 is 0 Å². The molecule has 1 aliphatic rings. The van der Waals surface area contributed by atoms with Crippen LogP contribution in [0.5, 0.6) is 5.75 Å². The first kappa shape index (κ1) is 15.9. The SMILES string of the molecule is CCCC(=O)NCCC1CCc2c(OC)ccc3cccc1c23. The van der Waals surface area contributed by atoms with Crippen molar-refractivity contribution in [2.75, 3.05) is 13.7 Å². The highest BCUT2D eigenvalue weighted by Gasteiger charge is 2.23. The maximum absolute atomic E-state index is 11.6. The molecule has 0 heterocycles. The topological polar surface area (TPSA) is 38.3 Å². The lowest BCUT2D eigenvalue weighted by Gasteiger charge is -2.27. The van der Waals surface area contributed by atoms with E-state index in [0.29, 0.717) is 12.3 Å². The maximum Gasteiger partial charge on any atom is 0.219 e. The summed E-state index contributed by atoms with van der Waals surface area (Å²) in [5, 5.41) is 5.70. The number of carbonyl (C=O) groups is 1. The summed E-state index contributed by atoms with van der Waals surface area (Å²) >= 11 is 0. The van der Waals surface area contributed by atoms with Gasteiger partial charge in [-0.25, -0.2) is 0 Å². The van der Waals surface area contributed by atoms with Crippen molar-refractivity contribution in [3.8, 4) is 5.75 Å². The van der Waals surface area contributed by atoms with Gasteiger partial charge in [0.15, 0.2) is 0 Å². The lowest BCUT2D eigenvalue weighted by atomic mass is 9.79. The Morgan fingerprint density at radius 1 is 1.30 bits per heavy atom. The zero-order chi connectivity index (χ0) is 16.2. The minimum atomic E-state index is 0.170. The third-order valence-electron chi connectivity index (χ3n) is 4.84. The minimum Gasteiger partial charge on any atom is -0.496 e. The number of nitrogens with one attached hydrogen (secondary N) is 1. The predicted octanol–water partition coefficient (Wildman–Crippen LogP) is 4.18. The number of ether oxygens (including phenoxy) is 1. The van der Waals surface area contributed by atoms with E-state index in [4.69, 9.17) is 4.74 Å². The van der Waals surface area contributed by atoms with Crippen LogP contribution in [0.3, 0.4) is 0 Å². The van der Waals surface area contributed by atoms with E-state index in [9.17, 15) is 4.79 Å². The number of hydrogen-bond donors (Lipinski definition) is 1. The highest BCUT2D eigenvalue weighted by Crippen LogP contribution is 2.41. The number of benzene rings is 2. The Bertz CT molecular complexity index is 708. The van der Waals surface area contributed by atoms with Crippen LogP contribution in [0.15, 0.2) is 30.3 Å². The van der Waals surface area contributed by atoms with Gasteiger partial charge in [-0.15, -0.1) is 0 Å². The van der Waals surface area contributed by atoms with E-state index >= 15 is 0 Å². The third kappa shape index (κ3) is 3.19. The maximum atomic E-state index is 11.6. The Kier molecular flexibility index (Phi) is 4.85. The van der Waals surface area contributed by atoms with Crippen molar-refractivity contribution in [2.24, 2.45) is 0 Å². The van der Waals surface area contributed by atoms with Gasteiger partial charge in [-0.05, 0) is 54.0 Å². The molecule has 2 aromatic rings. The lowest BCUT2D eigenvalue weighted by Crippen LogP contribution is -2.25. The van der Waals surface area contributed by atoms with Gasteiger partial charge in [0.05, 0.1) is 7.11 Å². The number of carbonyl (C=O) groups excluding carboxylic acids is 1. The summed E-state index contributed by atoms with van der Waals surface area (Å²) in [6, 6.07) is 10.8. The van der Waals surface area contributed by atoms with Crippen LogP contribution < -0.4 is 10.1 Å². The van der Waals surface area contributed by atoms with Gasteiger partial charge in [-0.3, -0.25) is 4.79 Å². The predicted molar refractivity (Wildman–Crippen MR) is 94.1 cm³/mol. The van der Waals surface area contributed by atoms with Gasteiger partial charge in [0.1, 0.15) is 5.75 Å². The first-order chi connectivity index (χ1) is 11.2. The molecule has 1 N–H and O–H groups in total. The quantitative estimate of drug-likeness (QED) is 0.869. The van der Waals surface area contributed by atoms with Crippen molar-refractivity contribution in [3.63, 3.8) is 0 Å². The van der Waals surface area contributed by atoms with Crippen LogP contribution in [-0.2, 0) is 11.2 Å².